The summed E-state index contributed by atoms with van der Waals surface area (Å²) in [5, 5.41) is 2.98. The van der Waals surface area contributed by atoms with E-state index in [1.165, 1.54) is 10.5 Å². The molecule has 1 atom stereocenters. The van der Waals surface area contributed by atoms with E-state index < -0.39 is 5.54 Å². The first-order valence-corrected chi connectivity index (χ1v) is 9.57. The third kappa shape index (κ3) is 3.61. The molecule has 2 aromatic rings. The van der Waals surface area contributed by atoms with Gasteiger partial charge in [0, 0.05) is 0 Å². The predicted molar refractivity (Wildman–Crippen MR) is 107 cm³/mol. The zero-order valence-corrected chi connectivity index (χ0v) is 16.6. The fraction of sp³-hybridized carbons (Fsp3) is 0.391. The Hall–Kier alpha value is -2.62. The maximum absolute atomic E-state index is 13.3. The van der Waals surface area contributed by atoms with E-state index in [1.54, 1.807) is 0 Å². The van der Waals surface area contributed by atoms with E-state index in [0.717, 1.165) is 17.5 Å². The second kappa shape index (κ2) is 7.18. The van der Waals surface area contributed by atoms with Gasteiger partial charge in [0.15, 0.2) is 0 Å². The number of nitrogens with zero attached hydrogens (tertiary/aromatic N) is 1. The lowest BCUT2D eigenvalue weighted by molar-refractivity contribution is -0.132. The first kappa shape index (κ1) is 19.2. The van der Waals surface area contributed by atoms with Crippen molar-refractivity contribution in [2.24, 2.45) is 0 Å². The number of hydrogen-bond acceptors (Lipinski definition) is 2. The monoisotopic (exact) mass is 364 g/mol. The minimum atomic E-state index is -0.960. The van der Waals surface area contributed by atoms with E-state index in [2.05, 4.69) is 38.2 Å². The van der Waals surface area contributed by atoms with E-state index >= 15 is 0 Å². The van der Waals surface area contributed by atoms with Crippen LogP contribution >= 0.6 is 0 Å². The lowest BCUT2D eigenvalue weighted by atomic mass is 9.85. The number of carbonyl (C=O) groups excluding carboxylic acids is 2. The topological polar surface area (TPSA) is 49.4 Å². The molecule has 2 aromatic carbocycles. The van der Waals surface area contributed by atoms with E-state index in [9.17, 15) is 9.59 Å². The Bertz CT molecular complexity index is 822. The Kier molecular flexibility index (Phi) is 5.09. The van der Waals surface area contributed by atoms with Gasteiger partial charge < -0.3 is 5.32 Å². The molecule has 4 nitrogen and oxygen atoms in total. The third-order valence-corrected chi connectivity index (χ3v) is 5.23. The Balaban J connectivity index is 1.87. The predicted octanol–water partition coefficient (Wildman–Crippen LogP) is 4.73. The van der Waals surface area contributed by atoms with Crippen molar-refractivity contribution in [3.8, 4) is 0 Å². The van der Waals surface area contributed by atoms with Crippen LogP contribution in [0.1, 0.15) is 57.2 Å². The highest BCUT2D eigenvalue weighted by molar-refractivity contribution is 6.07. The fourth-order valence-corrected chi connectivity index (χ4v) is 3.67. The van der Waals surface area contributed by atoms with Gasteiger partial charge in [-0.15, -0.1) is 0 Å². The van der Waals surface area contributed by atoms with Crippen molar-refractivity contribution in [3.05, 3.63) is 71.3 Å². The zero-order chi connectivity index (χ0) is 19.7. The second-order valence-corrected chi connectivity index (χ2v) is 8.29. The highest BCUT2D eigenvalue weighted by Gasteiger charge is 2.51. The van der Waals surface area contributed by atoms with Crippen LogP contribution in [0.5, 0.6) is 0 Å². The molecule has 1 aliphatic heterocycles. The maximum Gasteiger partial charge on any atom is 0.325 e. The van der Waals surface area contributed by atoms with Crippen molar-refractivity contribution in [3.63, 3.8) is 0 Å². The number of hydrogen-bond donors (Lipinski definition) is 1. The van der Waals surface area contributed by atoms with Gasteiger partial charge in [-0.2, -0.15) is 0 Å². The molecule has 0 saturated carbocycles. The van der Waals surface area contributed by atoms with E-state index in [1.807, 2.05) is 49.4 Å². The molecule has 3 amide bonds. The summed E-state index contributed by atoms with van der Waals surface area (Å²) in [6.45, 7) is 8.81. The molecule has 4 heteroatoms. The minimum Gasteiger partial charge on any atom is -0.319 e. The molecule has 0 unspecified atom stereocenters. The molecule has 0 radical (unpaired) electrons. The summed E-state index contributed by atoms with van der Waals surface area (Å²) >= 11 is 0. The van der Waals surface area contributed by atoms with Crippen LogP contribution in [-0.4, -0.2) is 16.8 Å². The number of imide groups is 1. The van der Waals surface area contributed by atoms with Crippen LogP contribution in [0.3, 0.4) is 0 Å². The fourth-order valence-electron chi connectivity index (χ4n) is 3.67. The lowest BCUT2D eigenvalue weighted by Crippen LogP contribution is -2.43. The number of rotatable bonds is 5. The SMILES string of the molecule is CCC[C@]1(c2ccccc2)NC(=O)N(Cc2ccc(C(C)(C)C)cc2)C1=O. The molecule has 27 heavy (non-hydrogen) atoms. The van der Waals surface area contributed by atoms with Crippen molar-refractivity contribution in [2.75, 3.05) is 0 Å². The molecule has 1 N–H and O–H groups in total. The van der Waals surface area contributed by atoms with Crippen LogP contribution in [0.25, 0.3) is 0 Å². The standard InChI is InChI=1S/C23H28N2O2/c1-5-15-23(19-9-7-6-8-10-19)20(26)25(21(27)24-23)16-17-11-13-18(14-12-17)22(2,3)4/h6-14H,5,15-16H2,1-4H3,(H,24,27)/t23-/m1/s1. The molecular weight excluding hydrogens is 336 g/mol. The maximum atomic E-state index is 13.3. The molecule has 0 bridgehead atoms. The van der Waals surface area contributed by atoms with Gasteiger partial charge >= 0.3 is 6.03 Å². The third-order valence-electron chi connectivity index (χ3n) is 5.23. The molecule has 142 valence electrons. The molecule has 0 aromatic heterocycles. The Morgan fingerprint density at radius 2 is 1.59 bits per heavy atom. The van der Waals surface area contributed by atoms with Crippen LogP contribution < -0.4 is 5.32 Å². The highest BCUT2D eigenvalue weighted by atomic mass is 16.2. The van der Waals surface area contributed by atoms with Gasteiger partial charge in [-0.3, -0.25) is 9.69 Å². The summed E-state index contributed by atoms with van der Waals surface area (Å²) in [4.78, 5) is 27.3. The lowest BCUT2D eigenvalue weighted by Gasteiger charge is -2.27. The first-order chi connectivity index (χ1) is 12.8. The number of benzene rings is 2. The van der Waals surface area contributed by atoms with Gasteiger partial charge in [-0.1, -0.05) is 88.7 Å². The second-order valence-electron chi connectivity index (χ2n) is 8.29. The van der Waals surface area contributed by atoms with Gasteiger partial charge in [-0.25, -0.2) is 4.79 Å². The van der Waals surface area contributed by atoms with Crippen LogP contribution in [0, 0.1) is 0 Å². The largest absolute Gasteiger partial charge is 0.325 e. The van der Waals surface area contributed by atoms with Crippen molar-refractivity contribution in [2.45, 2.75) is 58.0 Å². The zero-order valence-electron chi connectivity index (χ0n) is 16.6. The average molecular weight is 364 g/mol. The number of amides is 3. The van der Waals surface area contributed by atoms with Gasteiger partial charge in [0.1, 0.15) is 5.54 Å². The van der Waals surface area contributed by atoms with Crippen molar-refractivity contribution in [1.29, 1.82) is 0 Å². The minimum absolute atomic E-state index is 0.0724. The van der Waals surface area contributed by atoms with Crippen molar-refractivity contribution < 1.29 is 9.59 Å². The van der Waals surface area contributed by atoms with Crippen LogP contribution in [0.4, 0.5) is 4.79 Å². The number of nitrogens with one attached hydrogen (secondary N) is 1. The van der Waals surface area contributed by atoms with Crippen LogP contribution in [0.15, 0.2) is 54.6 Å². The summed E-state index contributed by atoms with van der Waals surface area (Å²) in [5.41, 5.74) is 2.14. The van der Waals surface area contributed by atoms with Gasteiger partial charge in [0.2, 0.25) is 0 Å². The smallest absolute Gasteiger partial charge is 0.319 e. The van der Waals surface area contributed by atoms with E-state index in [4.69, 9.17) is 0 Å². The normalized spacial score (nSPS) is 20.1. The molecule has 0 aliphatic carbocycles. The quantitative estimate of drug-likeness (QED) is 0.780. The molecule has 0 spiro atoms. The summed E-state index contributed by atoms with van der Waals surface area (Å²) in [6.07, 6.45) is 1.39. The summed E-state index contributed by atoms with van der Waals surface area (Å²) < 4.78 is 0. The van der Waals surface area contributed by atoms with Crippen LogP contribution in [-0.2, 0) is 22.3 Å². The van der Waals surface area contributed by atoms with Gasteiger partial charge in [0.05, 0.1) is 6.54 Å². The molecule has 1 saturated heterocycles. The molecular formula is C23H28N2O2. The first-order valence-electron chi connectivity index (χ1n) is 9.57. The summed E-state index contributed by atoms with van der Waals surface area (Å²) in [6, 6.07) is 17.4. The van der Waals surface area contributed by atoms with Crippen LogP contribution in [0.2, 0.25) is 0 Å². The molecule has 1 heterocycles. The molecule has 1 fully saturated rings. The Morgan fingerprint density at radius 1 is 0.963 bits per heavy atom. The van der Waals surface area contributed by atoms with Crippen molar-refractivity contribution in [1.82, 2.24) is 10.2 Å². The average Bonchev–Trinajstić information content (AvgIpc) is 2.88. The summed E-state index contributed by atoms with van der Waals surface area (Å²) in [5.74, 6) is -0.166. The van der Waals surface area contributed by atoms with E-state index in [0.29, 0.717) is 6.42 Å². The Labute approximate surface area is 161 Å². The molecule has 3 rings (SSSR count). The number of urea groups is 1. The number of carbonyl (C=O) groups is 2. The van der Waals surface area contributed by atoms with Gasteiger partial charge in [0.25, 0.3) is 5.91 Å². The van der Waals surface area contributed by atoms with E-state index in [-0.39, 0.29) is 23.9 Å². The van der Waals surface area contributed by atoms with Crippen molar-refractivity contribution >= 4 is 11.9 Å². The van der Waals surface area contributed by atoms with Gasteiger partial charge in [-0.05, 0) is 28.5 Å². The highest BCUT2D eigenvalue weighted by Crippen LogP contribution is 2.34. The summed E-state index contributed by atoms with van der Waals surface area (Å²) in [7, 11) is 0. The Morgan fingerprint density at radius 3 is 2.15 bits per heavy atom. The molecule has 1 aliphatic rings.